The number of carboxylic acid groups (broad SMARTS) is 1. The third-order valence-corrected chi connectivity index (χ3v) is 5.51. The molecule has 114 valence electrons. The van der Waals surface area contributed by atoms with Crippen LogP contribution in [0.25, 0.3) is 0 Å². The van der Waals surface area contributed by atoms with Crippen LogP contribution < -0.4 is 11.1 Å². The number of thioether (sulfide) groups is 1. The predicted octanol–water partition coefficient (Wildman–Crippen LogP) is 0.219. The molecule has 2 saturated heterocycles. The molecule has 7 heteroatoms. The summed E-state index contributed by atoms with van der Waals surface area (Å²) in [7, 11) is 0. The highest BCUT2D eigenvalue weighted by Crippen LogP contribution is 2.50. The lowest BCUT2D eigenvalue weighted by Gasteiger charge is -2.44. The minimum Gasteiger partial charge on any atom is -0.480 e. The second-order valence-electron chi connectivity index (χ2n) is 6.03. The van der Waals surface area contributed by atoms with Gasteiger partial charge in [-0.15, -0.1) is 11.8 Å². The van der Waals surface area contributed by atoms with Crippen molar-refractivity contribution in [2.45, 2.75) is 61.9 Å². The summed E-state index contributed by atoms with van der Waals surface area (Å²) in [5.74, 6) is -1.05. The molecule has 0 radical (unpaired) electrons. The van der Waals surface area contributed by atoms with E-state index in [9.17, 15) is 14.7 Å². The Morgan fingerprint density at radius 2 is 2.25 bits per heavy atom. The smallest absolute Gasteiger partial charge is 0.327 e. The van der Waals surface area contributed by atoms with Crippen LogP contribution in [0, 0.1) is 0 Å². The summed E-state index contributed by atoms with van der Waals surface area (Å²) >= 11 is 1.55. The van der Waals surface area contributed by atoms with E-state index >= 15 is 0 Å². The van der Waals surface area contributed by atoms with E-state index in [1.807, 2.05) is 13.8 Å². The van der Waals surface area contributed by atoms with Crippen LogP contribution in [0.2, 0.25) is 0 Å². The van der Waals surface area contributed by atoms with E-state index in [2.05, 4.69) is 12.2 Å². The number of aliphatic carboxylic acids is 1. The number of fused-ring (bicyclic) bond motifs is 1. The monoisotopic (exact) mass is 301 g/mol. The Morgan fingerprint density at radius 3 is 2.80 bits per heavy atom. The Labute approximate surface area is 123 Å². The zero-order valence-corrected chi connectivity index (χ0v) is 12.9. The van der Waals surface area contributed by atoms with Crippen molar-refractivity contribution in [2.24, 2.45) is 5.73 Å². The maximum absolute atomic E-state index is 12.2. The van der Waals surface area contributed by atoms with Crippen molar-refractivity contribution in [2.75, 3.05) is 6.54 Å². The Kier molecular flexibility index (Phi) is 4.32. The van der Waals surface area contributed by atoms with E-state index in [0.717, 1.165) is 12.8 Å². The molecule has 2 aliphatic rings. The SMILES string of the molecule is CCCC(N)CN[C@@H]1C(=O)N2[C@@H]1SC(C)(C)[C@@H]2C(=O)O. The average Bonchev–Trinajstić information content (AvgIpc) is 2.58. The molecule has 4 N–H and O–H groups in total. The fourth-order valence-electron chi connectivity index (χ4n) is 2.95. The fraction of sp³-hybridized carbons (Fsp3) is 0.846. The highest BCUT2D eigenvalue weighted by atomic mass is 32.2. The number of rotatable bonds is 6. The molecule has 2 rings (SSSR count). The van der Waals surface area contributed by atoms with Crippen molar-refractivity contribution in [1.82, 2.24) is 10.2 Å². The summed E-state index contributed by atoms with van der Waals surface area (Å²) in [5, 5.41) is 12.4. The Balaban J connectivity index is 1.98. The minimum atomic E-state index is -0.931. The summed E-state index contributed by atoms with van der Waals surface area (Å²) in [6.45, 7) is 6.42. The van der Waals surface area contributed by atoms with Crippen LogP contribution in [0.5, 0.6) is 0 Å². The highest BCUT2D eigenvalue weighted by molar-refractivity contribution is 8.01. The van der Waals surface area contributed by atoms with Gasteiger partial charge in [0.15, 0.2) is 0 Å². The number of amides is 1. The van der Waals surface area contributed by atoms with Crippen LogP contribution in [0.3, 0.4) is 0 Å². The molecule has 0 aromatic heterocycles. The summed E-state index contributed by atoms with van der Waals surface area (Å²) in [6.07, 6.45) is 1.93. The zero-order valence-electron chi connectivity index (χ0n) is 12.1. The normalized spacial score (nSPS) is 32.7. The first kappa shape index (κ1) is 15.6. The van der Waals surface area contributed by atoms with Crippen molar-refractivity contribution in [3.8, 4) is 0 Å². The van der Waals surface area contributed by atoms with Crippen molar-refractivity contribution in [3.05, 3.63) is 0 Å². The van der Waals surface area contributed by atoms with Crippen LogP contribution in [0.15, 0.2) is 0 Å². The lowest BCUT2D eigenvalue weighted by Crippen LogP contribution is -2.70. The number of nitrogens with one attached hydrogen (secondary N) is 1. The van der Waals surface area contributed by atoms with Gasteiger partial charge in [0.1, 0.15) is 17.5 Å². The highest BCUT2D eigenvalue weighted by Gasteiger charge is 2.63. The minimum absolute atomic E-state index is 0.0385. The Morgan fingerprint density at radius 1 is 1.60 bits per heavy atom. The van der Waals surface area contributed by atoms with Gasteiger partial charge in [-0.1, -0.05) is 13.3 Å². The first-order chi connectivity index (χ1) is 9.29. The van der Waals surface area contributed by atoms with Gasteiger partial charge in [-0.2, -0.15) is 0 Å². The summed E-state index contributed by atoms with van der Waals surface area (Å²) in [5.41, 5.74) is 5.93. The van der Waals surface area contributed by atoms with E-state index in [1.54, 1.807) is 11.8 Å². The topological polar surface area (TPSA) is 95.7 Å². The third kappa shape index (κ3) is 2.54. The number of carbonyl (C=O) groups excluding carboxylic acids is 1. The largest absolute Gasteiger partial charge is 0.480 e. The first-order valence-corrected chi connectivity index (χ1v) is 7.89. The Bertz CT molecular complexity index is 416. The number of nitrogens with two attached hydrogens (primary N) is 1. The summed E-state index contributed by atoms with van der Waals surface area (Å²) in [4.78, 5) is 25.0. The standard InChI is InChI=1S/C13H23N3O3S/c1-4-5-7(14)6-15-8-10(17)16-9(12(18)19)13(2,3)20-11(8)16/h7-9,11,15H,4-6,14H2,1-3H3,(H,18,19)/t7?,8-,9+,11-/m1/s1. The summed E-state index contributed by atoms with van der Waals surface area (Å²) in [6, 6.07) is -1.00. The molecular weight excluding hydrogens is 278 g/mol. The van der Waals surface area contributed by atoms with Gasteiger partial charge in [-0.05, 0) is 20.3 Å². The number of nitrogens with zero attached hydrogens (tertiary/aromatic N) is 1. The van der Waals surface area contributed by atoms with Crippen LogP contribution in [-0.4, -0.2) is 56.7 Å². The van der Waals surface area contributed by atoms with Gasteiger partial charge in [-0.25, -0.2) is 4.79 Å². The van der Waals surface area contributed by atoms with E-state index < -0.39 is 16.8 Å². The summed E-state index contributed by atoms with van der Waals surface area (Å²) < 4.78 is -0.464. The molecule has 0 aliphatic carbocycles. The molecule has 1 amide bonds. The number of carbonyl (C=O) groups is 2. The fourth-order valence-corrected chi connectivity index (χ4v) is 4.61. The van der Waals surface area contributed by atoms with Crippen molar-refractivity contribution >= 4 is 23.6 Å². The molecule has 2 fully saturated rings. The van der Waals surface area contributed by atoms with E-state index in [-0.39, 0.29) is 23.4 Å². The average molecular weight is 301 g/mol. The van der Waals surface area contributed by atoms with E-state index in [4.69, 9.17) is 5.73 Å². The molecule has 0 aromatic carbocycles. The van der Waals surface area contributed by atoms with Crippen LogP contribution in [-0.2, 0) is 9.59 Å². The van der Waals surface area contributed by atoms with E-state index in [1.165, 1.54) is 4.90 Å². The van der Waals surface area contributed by atoms with E-state index in [0.29, 0.717) is 6.54 Å². The second-order valence-corrected chi connectivity index (χ2v) is 7.80. The molecule has 0 spiro atoms. The zero-order chi connectivity index (χ0) is 15.1. The van der Waals surface area contributed by atoms with Crippen LogP contribution in [0.1, 0.15) is 33.6 Å². The van der Waals surface area contributed by atoms with Crippen molar-refractivity contribution < 1.29 is 14.7 Å². The molecule has 1 unspecified atom stereocenters. The molecule has 2 aliphatic heterocycles. The molecule has 4 atom stereocenters. The second kappa shape index (κ2) is 5.54. The Hall–Kier alpha value is -0.790. The predicted molar refractivity (Wildman–Crippen MR) is 78.4 cm³/mol. The number of hydrogen-bond acceptors (Lipinski definition) is 5. The van der Waals surface area contributed by atoms with Gasteiger partial charge in [0.2, 0.25) is 5.91 Å². The number of β-lactam (4-membered cyclic amide) rings is 1. The van der Waals surface area contributed by atoms with Crippen molar-refractivity contribution in [3.63, 3.8) is 0 Å². The van der Waals surface area contributed by atoms with Gasteiger partial charge >= 0.3 is 5.97 Å². The number of hydrogen-bond donors (Lipinski definition) is 3. The molecule has 0 saturated carbocycles. The number of carboxylic acids is 1. The third-order valence-electron chi connectivity index (χ3n) is 3.93. The van der Waals surface area contributed by atoms with Crippen LogP contribution >= 0.6 is 11.8 Å². The quantitative estimate of drug-likeness (QED) is 0.607. The van der Waals surface area contributed by atoms with Gasteiger partial charge in [0.25, 0.3) is 0 Å². The maximum Gasteiger partial charge on any atom is 0.327 e. The molecule has 6 nitrogen and oxygen atoms in total. The lowest BCUT2D eigenvalue weighted by molar-refractivity contribution is -0.160. The van der Waals surface area contributed by atoms with Gasteiger partial charge in [0.05, 0.1) is 0 Å². The molecule has 2 heterocycles. The molecule has 0 aromatic rings. The first-order valence-electron chi connectivity index (χ1n) is 7.01. The van der Waals surface area contributed by atoms with Gasteiger partial charge in [0, 0.05) is 17.3 Å². The van der Waals surface area contributed by atoms with Gasteiger partial charge in [-0.3, -0.25) is 4.79 Å². The molecule has 20 heavy (non-hydrogen) atoms. The lowest BCUT2D eigenvalue weighted by atomic mass is 9.96. The van der Waals surface area contributed by atoms with Crippen LogP contribution in [0.4, 0.5) is 0 Å². The molecular formula is C13H23N3O3S. The van der Waals surface area contributed by atoms with Gasteiger partial charge < -0.3 is 21.1 Å². The van der Waals surface area contributed by atoms with Crippen molar-refractivity contribution in [1.29, 1.82) is 0 Å². The molecule has 0 bridgehead atoms. The maximum atomic E-state index is 12.2.